The van der Waals surface area contributed by atoms with E-state index in [2.05, 4.69) is 0 Å². The maximum absolute atomic E-state index is 15.6. The molecule has 0 N–H and O–H groups in total. The Labute approximate surface area is 226 Å². The van der Waals surface area contributed by atoms with Gasteiger partial charge in [0.2, 0.25) is 0 Å². The minimum atomic E-state index is -6.69. The summed E-state index contributed by atoms with van der Waals surface area (Å²) in [7, 11) is 0. The van der Waals surface area contributed by atoms with Gasteiger partial charge in [-0.15, -0.1) is 21.9 Å². The van der Waals surface area contributed by atoms with E-state index in [1.807, 2.05) is 0 Å². The zero-order valence-corrected chi connectivity index (χ0v) is 20.2. The van der Waals surface area contributed by atoms with E-state index in [0.29, 0.717) is 0 Å². The fraction of sp³-hybridized carbons (Fsp3) is 0.0400. The highest BCUT2D eigenvalue weighted by Crippen LogP contribution is 2.29. The van der Waals surface area contributed by atoms with Crippen molar-refractivity contribution < 1.29 is 74.6 Å². The maximum Gasteiger partial charge on any atom is 0.200 e. The number of hydrogen-bond donors (Lipinski definition) is 0. The van der Waals surface area contributed by atoms with Crippen LogP contribution in [0.2, 0.25) is 0 Å². The van der Waals surface area contributed by atoms with Gasteiger partial charge in [0, 0.05) is 17.7 Å². The van der Waals surface area contributed by atoms with Gasteiger partial charge in [0.1, 0.15) is 52.7 Å². The molecule has 0 amide bonds. The van der Waals surface area contributed by atoms with Crippen molar-refractivity contribution in [3.63, 3.8) is 0 Å². The van der Waals surface area contributed by atoms with Crippen molar-refractivity contribution in [2.45, 2.75) is 6.92 Å². The third kappa shape index (κ3) is 4.16. The van der Waals surface area contributed by atoms with Crippen molar-refractivity contribution >= 4 is 28.0 Å². The van der Waals surface area contributed by atoms with Crippen LogP contribution in [0.1, 0.15) is 5.56 Å². The molecule has 4 rings (SSSR count). The molecule has 0 atom stereocenters. The molecule has 228 valence electrons. The third-order valence-electron chi connectivity index (χ3n) is 6.78. The molecule has 4 aromatic rings. The molecule has 0 saturated heterocycles. The lowest BCUT2D eigenvalue weighted by molar-refractivity contribution is 0.383. The second-order valence-electron chi connectivity index (χ2n) is 8.91. The Morgan fingerprint density at radius 2 is 0.512 bits per heavy atom. The lowest BCUT2D eigenvalue weighted by atomic mass is 9.12. The fourth-order valence-electron chi connectivity index (χ4n) is 4.95. The number of benzene rings is 4. The Kier molecular flexibility index (Phi) is 7.72. The van der Waals surface area contributed by atoms with E-state index in [1.165, 1.54) is 0 Å². The molecule has 0 radical (unpaired) electrons. The van der Waals surface area contributed by atoms with E-state index in [4.69, 9.17) is 0 Å². The van der Waals surface area contributed by atoms with Crippen molar-refractivity contribution in [2.24, 2.45) is 0 Å². The molecule has 0 aliphatic heterocycles. The predicted molar refractivity (Wildman–Crippen MR) is 114 cm³/mol. The molecule has 4 aromatic carbocycles. The van der Waals surface area contributed by atoms with Gasteiger partial charge in [-0.2, -0.15) is 0 Å². The summed E-state index contributed by atoms with van der Waals surface area (Å²) in [5.74, 6) is -52.2. The maximum atomic E-state index is 15.6. The molecular formula is C25H5BF17-. The summed E-state index contributed by atoms with van der Waals surface area (Å²) in [5.41, 5.74) is -14.3. The van der Waals surface area contributed by atoms with Gasteiger partial charge >= 0.3 is 0 Å². The quantitative estimate of drug-likeness (QED) is 0.116. The molecule has 0 aliphatic carbocycles. The number of hydrogen-bond acceptors (Lipinski definition) is 0. The van der Waals surface area contributed by atoms with Crippen LogP contribution in [0, 0.1) is 106 Å². The first-order chi connectivity index (χ1) is 19.8. The summed E-state index contributed by atoms with van der Waals surface area (Å²) in [6, 6.07) is -1.48. The number of halogens is 17. The average Bonchev–Trinajstić information content (AvgIpc) is 2.95. The summed E-state index contributed by atoms with van der Waals surface area (Å²) in [5, 5.41) is 0. The largest absolute Gasteiger partial charge is 0.207 e. The third-order valence-corrected chi connectivity index (χ3v) is 6.78. The van der Waals surface area contributed by atoms with Gasteiger partial charge < -0.3 is 0 Å². The standard InChI is InChI=1S/C25H5BF17/c1-4-13(31)19(37)11(20(38)14(4)32)26(9-15(33)5(27)2-6(28)16(9)34,10-17(35)7(29)3-8(30)18(10)36)12-21(39)23(41)25(43)24(42)22(12)40/h2-3H,1H3/q-1. The van der Waals surface area contributed by atoms with Crippen LogP contribution >= 0.6 is 0 Å². The lowest BCUT2D eigenvalue weighted by Gasteiger charge is -2.44. The fourth-order valence-corrected chi connectivity index (χ4v) is 4.95. The van der Waals surface area contributed by atoms with Crippen molar-refractivity contribution in [3.05, 3.63) is 117 Å². The second-order valence-corrected chi connectivity index (χ2v) is 8.91. The molecule has 0 aliphatic rings. The van der Waals surface area contributed by atoms with Crippen LogP contribution in [0.25, 0.3) is 0 Å². The molecule has 0 spiro atoms. The predicted octanol–water partition coefficient (Wildman–Crippen LogP) is 5.74. The average molecular weight is 639 g/mol. The Morgan fingerprint density at radius 3 is 0.791 bits per heavy atom. The minimum Gasteiger partial charge on any atom is -0.207 e. The van der Waals surface area contributed by atoms with Crippen molar-refractivity contribution in [1.82, 2.24) is 0 Å². The highest BCUT2D eigenvalue weighted by molar-refractivity contribution is 7.20. The number of rotatable bonds is 4. The first-order valence-electron chi connectivity index (χ1n) is 11.0. The topological polar surface area (TPSA) is 0 Å². The molecule has 0 nitrogen and oxygen atoms in total. The molecular weight excluding hydrogens is 634 g/mol. The summed E-state index contributed by atoms with van der Waals surface area (Å²) in [6.07, 6.45) is -6.69. The van der Waals surface area contributed by atoms with Gasteiger partial charge in [0.15, 0.2) is 52.4 Å². The summed E-state index contributed by atoms with van der Waals surface area (Å²) in [6.45, 7) is 0.236. The van der Waals surface area contributed by atoms with E-state index >= 15 is 35.1 Å². The van der Waals surface area contributed by atoms with E-state index in [-0.39, 0.29) is 6.92 Å². The zero-order chi connectivity index (χ0) is 32.6. The molecule has 0 heterocycles. The van der Waals surface area contributed by atoms with Gasteiger partial charge in [-0.05, 0) is 6.92 Å². The van der Waals surface area contributed by atoms with Gasteiger partial charge in [0.25, 0.3) is 0 Å². The molecule has 0 unspecified atom stereocenters. The monoisotopic (exact) mass is 639 g/mol. The molecule has 0 aromatic heterocycles. The normalized spacial score (nSPS) is 12.0. The van der Waals surface area contributed by atoms with Crippen LogP contribution in [0.5, 0.6) is 0 Å². The van der Waals surface area contributed by atoms with Crippen molar-refractivity contribution in [2.75, 3.05) is 0 Å². The Bertz CT molecular complexity index is 1620. The van der Waals surface area contributed by atoms with Crippen LogP contribution in [-0.4, -0.2) is 6.15 Å². The van der Waals surface area contributed by atoms with E-state index in [9.17, 15) is 39.5 Å². The Morgan fingerprint density at radius 1 is 0.302 bits per heavy atom. The zero-order valence-electron chi connectivity index (χ0n) is 20.2. The lowest BCUT2D eigenvalue weighted by Crippen LogP contribution is -2.81. The van der Waals surface area contributed by atoms with E-state index in [1.54, 1.807) is 0 Å². The van der Waals surface area contributed by atoms with Crippen molar-refractivity contribution in [1.29, 1.82) is 0 Å². The highest BCUT2D eigenvalue weighted by Gasteiger charge is 2.51. The summed E-state index contributed by atoms with van der Waals surface area (Å²) < 4.78 is 254. The van der Waals surface area contributed by atoms with E-state index in [0.717, 1.165) is 0 Å². The van der Waals surface area contributed by atoms with Gasteiger partial charge in [-0.1, -0.05) is 0 Å². The SMILES string of the molecule is Cc1c(F)c(F)c([B-](c2c(F)c(F)cc(F)c2F)(c2c(F)c(F)cc(F)c2F)c2c(F)c(F)c(F)c(F)c2F)c(F)c1F. The first-order valence-corrected chi connectivity index (χ1v) is 11.0. The van der Waals surface area contributed by atoms with Crippen LogP contribution in [-0.2, 0) is 0 Å². The molecule has 18 heteroatoms. The van der Waals surface area contributed by atoms with Gasteiger partial charge in [0.05, 0.1) is 0 Å². The van der Waals surface area contributed by atoms with Gasteiger partial charge in [-0.25, -0.2) is 74.6 Å². The van der Waals surface area contributed by atoms with Crippen LogP contribution in [0.3, 0.4) is 0 Å². The van der Waals surface area contributed by atoms with Crippen molar-refractivity contribution in [3.8, 4) is 0 Å². The molecule has 0 bridgehead atoms. The van der Waals surface area contributed by atoms with Crippen LogP contribution < -0.4 is 21.9 Å². The summed E-state index contributed by atoms with van der Waals surface area (Å²) >= 11 is 0. The highest BCUT2D eigenvalue weighted by atomic mass is 19.2. The summed E-state index contributed by atoms with van der Waals surface area (Å²) in [4.78, 5) is 0. The first kappa shape index (κ1) is 31.7. The molecule has 0 fully saturated rings. The molecule has 43 heavy (non-hydrogen) atoms. The van der Waals surface area contributed by atoms with E-state index < -0.39 is 145 Å². The minimum absolute atomic E-state index is 0.236. The van der Waals surface area contributed by atoms with Gasteiger partial charge in [-0.3, -0.25) is 0 Å². The second kappa shape index (κ2) is 10.5. The Hall–Kier alpha value is -4.25. The molecule has 0 saturated carbocycles. The van der Waals surface area contributed by atoms with Crippen LogP contribution in [0.15, 0.2) is 12.1 Å². The smallest absolute Gasteiger partial charge is 0.200 e. The Balaban J connectivity index is 2.66. The van der Waals surface area contributed by atoms with Crippen LogP contribution in [0.4, 0.5) is 74.6 Å².